The Labute approximate surface area is 123 Å². The summed E-state index contributed by atoms with van der Waals surface area (Å²) in [6, 6.07) is 4.09. The Morgan fingerprint density at radius 2 is 2.35 bits per heavy atom. The molecule has 1 fully saturated rings. The summed E-state index contributed by atoms with van der Waals surface area (Å²) in [5.74, 6) is -0.250. The summed E-state index contributed by atoms with van der Waals surface area (Å²) in [5.41, 5.74) is 5.34. The van der Waals surface area contributed by atoms with Crippen molar-refractivity contribution in [1.82, 2.24) is 5.32 Å². The number of carbonyl (C=O) groups is 2. The number of primary amides is 1. The standard InChI is InChI=1S/C14H21N3O2S/c15-14(19)11-3-1-7-17(9-11)10-13(18)16-6-5-12-4-2-8-20-12/h2,4,8,11H,1,3,5-7,9-10H2,(H2,15,19)(H,16,18)/p+1/t11-/m1/s1. The van der Waals surface area contributed by atoms with Crippen LogP contribution in [0.25, 0.3) is 0 Å². The molecule has 1 aromatic heterocycles. The van der Waals surface area contributed by atoms with Crippen molar-refractivity contribution in [2.75, 3.05) is 26.2 Å². The minimum absolute atomic E-state index is 0.0571. The molecule has 1 aromatic rings. The maximum absolute atomic E-state index is 11.9. The number of thiophene rings is 1. The normalized spacial score (nSPS) is 22.4. The van der Waals surface area contributed by atoms with Crippen molar-refractivity contribution in [3.05, 3.63) is 22.4 Å². The van der Waals surface area contributed by atoms with E-state index in [1.54, 1.807) is 11.3 Å². The quantitative estimate of drug-likeness (QED) is 0.642. The van der Waals surface area contributed by atoms with E-state index in [4.69, 9.17) is 5.73 Å². The summed E-state index contributed by atoms with van der Waals surface area (Å²) in [7, 11) is 0. The Morgan fingerprint density at radius 3 is 3.05 bits per heavy atom. The number of piperidine rings is 1. The van der Waals surface area contributed by atoms with Gasteiger partial charge >= 0.3 is 0 Å². The third-order valence-corrected chi connectivity index (χ3v) is 4.64. The molecule has 1 aliphatic heterocycles. The molecule has 1 aliphatic rings. The number of nitrogens with two attached hydrogens (primary N) is 1. The highest BCUT2D eigenvalue weighted by molar-refractivity contribution is 7.09. The summed E-state index contributed by atoms with van der Waals surface area (Å²) in [6.07, 6.45) is 2.70. The fourth-order valence-corrected chi connectivity index (χ4v) is 3.33. The summed E-state index contributed by atoms with van der Waals surface area (Å²) in [6.45, 7) is 2.75. The predicted molar refractivity (Wildman–Crippen MR) is 78.5 cm³/mol. The van der Waals surface area contributed by atoms with Gasteiger partial charge in [-0.3, -0.25) is 9.59 Å². The topological polar surface area (TPSA) is 76.6 Å². The number of rotatable bonds is 6. The minimum Gasteiger partial charge on any atom is -0.369 e. The highest BCUT2D eigenvalue weighted by atomic mass is 32.1. The minimum atomic E-state index is -0.236. The Kier molecular flexibility index (Phi) is 5.55. The lowest BCUT2D eigenvalue weighted by Crippen LogP contribution is -3.15. The molecule has 0 radical (unpaired) electrons. The molecule has 0 saturated carbocycles. The Hall–Kier alpha value is -1.40. The fraction of sp³-hybridized carbons (Fsp3) is 0.571. The lowest BCUT2D eigenvalue weighted by atomic mass is 9.97. The molecular formula is C14H22N3O2S+. The first-order valence-corrected chi connectivity index (χ1v) is 7.95. The summed E-state index contributed by atoms with van der Waals surface area (Å²) in [4.78, 5) is 25.5. The molecule has 2 rings (SSSR count). The van der Waals surface area contributed by atoms with Gasteiger partial charge in [-0.05, 0) is 30.7 Å². The van der Waals surface area contributed by atoms with E-state index in [9.17, 15) is 9.59 Å². The predicted octanol–water partition coefficient (Wildman–Crippen LogP) is -0.813. The van der Waals surface area contributed by atoms with Crippen LogP contribution in [0, 0.1) is 5.92 Å². The van der Waals surface area contributed by atoms with Gasteiger partial charge in [-0.2, -0.15) is 0 Å². The number of likely N-dealkylation sites (tertiary alicyclic amines) is 1. The number of hydrogen-bond acceptors (Lipinski definition) is 3. The van der Waals surface area contributed by atoms with E-state index in [0.29, 0.717) is 19.6 Å². The first-order valence-electron chi connectivity index (χ1n) is 7.07. The molecule has 0 spiro atoms. The number of nitrogens with one attached hydrogen (secondary N) is 2. The van der Waals surface area contributed by atoms with E-state index in [1.165, 1.54) is 4.88 Å². The van der Waals surface area contributed by atoms with Crippen LogP contribution in [-0.4, -0.2) is 38.0 Å². The van der Waals surface area contributed by atoms with Gasteiger partial charge in [0.05, 0.1) is 19.0 Å². The molecule has 0 bridgehead atoms. The maximum atomic E-state index is 11.9. The first-order chi connectivity index (χ1) is 9.65. The van der Waals surface area contributed by atoms with Gasteiger partial charge in [0.2, 0.25) is 5.91 Å². The van der Waals surface area contributed by atoms with Gasteiger partial charge in [0, 0.05) is 11.4 Å². The van der Waals surface area contributed by atoms with Crippen LogP contribution in [-0.2, 0) is 16.0 Å². The van der Waals surface area contributed by atoms with Gasteiger partial charge in [-0.25, -0.2) is 0 Å². The largest absolute Gasteiger partial charge is 0.369 e. The average Bonchev–Trinajstić information content (AvgIpc) is 2.92. The zero-order valence-corrected chi connectivity index (χ0v) is 12.4. The molecule has 0 aliphatic carbocycles. The van der Waals surface area contributed by atoms with Crippen molar-refractivity contribution >= 4 is 23.2 Å². The van der Waals surface area contributed by atoms with Crippen LogP contribution in [0.15, 0.2) is 17.5 Å². The smallest absolute Gasteiger partial charge is 0.275 e. The number of carbonyl (C=O) groups excluding carboxylic acids is 2. The number of amides is 2. The molecule has 0 aromatic carbocycles. The van der Waals surface area contributed by atoms with Gasteiger partial charge in [-0.1, -0.05) is 6.07 Å². The summed E-state index contributed by atoms with van der Waals surface area (Å²) >= 11 is 1.71. The zero-order chi connectivity index (χ0) is 14.4. The molecule has 20 heavy (non-hydrogen) atoms. The number of hydrogen-bond donors (Lipinski definition) is 3. The molecule has 6 heteroatoms. The molecule has 2 amide bonds. The Bertz CT molecular complexity index is 447. The summed E-state index contributed by atoms with van der Waals surface area (Å²) in [5, 5.41) is 4.98. The maximum Gasteiger partial charge on any atom is 0.275 e. The molecule has 4 N–H and O–H groups in total. The van der Waals surface area contributed by atoms with Crippen LogP contribution in [0.2, 0.25) is 0 Å². The van der Waals surface area contributed by atoms with Gasteiger partial charge in [0.1, 0.15) is 0 Å². The van der Waals surface area contributed by atoms with Crippen molar-refractivity contribution in [3.8, 4) is 0 Å². The van der Waals surface area contributed by atoms with Gasteiger partial charge in [-0.15, -0.1) is 11.3 Å². The second kappa shape index (κ2) is 7.40. The monoisotopic (exact) mass is 296 g/mol. The Morgan fingerprint density at radius 1 is 1.50 bits per heavy atom. The molecule has 2 atom stereocenters. The van der Waals surface area contributed by atoms with E-state index in [1.807, 2.05) is 11.4 Å². The van der Waals surface area contributed by atoms with Crippen LogP contribution < -0.4 is 16.0 Å². The first kappa shape index (κ1) is 15.0. The fourth-order valence-electron chi connectivity index (χ4n) is 2.62. The molecule has 5 nitrogen and oxygen atoms in total. The van der Waals surface area contributed by atoms with Crippen LogP contribution in [0.4, 0.5) is 0 Å². The molecule has 1 unspecified atom stereocenters. The van der Waals surface area contributed by atoms with Crippen molar-refractivity contribution in [2.24, 2.45) is 11.7 Å². The SMILES string of the molecule is NC(=O)[C@@H]1CCC[NH+](CC(=O)NCCc2cccs2)C1. The molecule has 110 valence electrons. The van der Waals surface area contributed by atoms with E-state index in [2.05, 4.69) is 11.4 Å². The lowest BCUT2D eigenvalue weighted by Gasteiger charge is -2.27. The van der Waals surface area contributed by atoms with E-state index >= 15 is 0 Å². The highest BCUT2D eigenvalue weighted by Gasteiger charge is 2.28. The highest BCUT2D eigenvalue weighted by Crippen LogP contribution is 2.08. The second-order valence-corrected chi connectivity index (χ2v) is 6.33. The van der Waals surface area contributed by atoms with Crippen molar-refractivity contribution < 1.29 is 14.5 Å². The second-order valence-electron chi connectivity index (χ2n) is 5.30. The van der Waals surface area contributed by atoms with E-state index < -0.39 is 0 Å². The van der Waals surface area contributed by atoms with Crippen LogP contribution in [0.5, 0.6) is 0 Å². The van der Waals surface area contributed by atoms with E-state index in [0.717, 1.165) is 30.7 Å². The van der Waals surface area contributed by atoms with Crippen molar-refractivity contribution in [2.45, 2.75) is 19.3 Å². The van der Waals surface area contributed by atoms with Crippen molar-refractivity contribution in [1.29, 1.82) is 0 Å². The van der Waals surface area contributed by atoms with Crippen LogP contribution in [0.3, 0.4) is 0 Å². The van der Waals surface area contributed by atoms with E-state index in [-0.39, 0.29) is 17.7 Å². The third-order valence-electron chi connectivity index (χ3n) is 3.70. The third kappa shape index (κ3) is 4.61. The zero-order valence-electron chi connectivity index (χ0n) is 11.6. The molecule has 2 heterocycles. The number of quaternary nitrogens is 1. The molecule has 1 saturated heterocycles. The lowest BCUT2D eigenvalue weighted by molar-refractivity contribution is -0.899. The van der Waals surface area contributed by atoms with Gasteiger partial charge in [0.15, 0.2) is 6.54 Å². The van der Waals surface area contributed by atoms with Gasteiger partial charge in [0.25, 0.3) is 5.91 Å². The molecular weight excluding hydrogens is 274 g/mol. The summed E-state index contributed by atoms with van der Waals surface area (Å²) < 4.78 is 0. The average molecular weight is 296 g/mol. The van der Waals surface area contributed by atoms with Crippen LogP contribution >= 0.6 is 11.3 Å². The van der Waals surface area contributed by atoms with Crippen LogP contribution in [0.1, 0.15) is 17.7 Å². The van der Waals surface area contributed by atoms with Crippen molar-refractivity contribution in [3.63, 3.8) is 0 Å². The van der Waals surface area contributed by atoms with Gasteiger partial charge < -0.3 is 16.0 Å². The Balaban J connectivity index is 1.67.